The first-order valence-corrected chi connectivity index (χ1v) is 11.7. The predicted molar refractivity (Wildman–Crippen MR) is 139 cm³/mol. The van der Waals surface area contributed by atoms with Gasteiger partial charge in [0.05, 0.1) is 28.6 Å². The average Bonchev–Trinajstić information content (AvgIpc) is 3.53. The Morgan fingerprint density at radius 1 is 0.917 bits per heavy atom. The van der Waals surface area contributed by atoms with Gasteiger partial charge < -0.3 is 10.3 Å². The van der Waals surface area contributed by atoms with Gasteiger partial charge in [-0.3, -0.25) is 24.8 Å². The lowest BCUT2D eigenvalue weighted by Crippen LogP contribution is -2.10. The molecule has 0 atom stereocenters. The van der Waals surface area contributed by atoms with Crippen LogP contribution >= 0.6 is 0 Å². The fraction of sp³-hybridized carbons (Fsp3) is 0.111. The molecule has 9 nitrogen and oxygen atoms in total. The second kappa shape index (κ2) is 9.03. The van der Waals surface area contributed by atoms with E-state index in [0.29, 0.717) is 23.6 Å². The van der Waals surface area contributed by atoms with Crippen LogP contribution < -0.4 is 5.32 Å². The van der Waals surface area contributed by atoms with Crippen LogP contribution in [0, 0.1) is 0 Å². The molecule has 0 fully saturated rings. The minimum atomic E-state index is -0.0194. The maximum Gasteiger partial charge on any atom is 0.224 e. The summed E-state index contributed by atoms with van der Waals surface area (Å²) in [5.74, 6) is 0.624. The van der Waals surface area contributed by atoms with Crippen LogP contribution in [0.2, 0.25) is 0 Å². The van der Waals surface area contributed by atoms with Crippen LogP contribution in [0.15, 0.2) is 73.4 Å². The number of carbonyl (C=O) groups is 1. The summed E-state index contributed by atoms with van der Waals surface area (Å²) in [5, 5.41) is 11.5. The Balaban J connectivity index is 1.40. The van der Waals surface area contributed by atoms with E-state index in [4.69, 9.17) is 4.98 Å². The van der Waals surface area contributed by atoms with Crippen molar-refractivity contribution in [2.45, 2.75) is 19.8 Å². The third-order valence-electron chi connectivity index (χ3n) is 5.96. The van der Waals surface area contributed by atoms with Gasteiger partial charge in [-0.05, 0) is 48.4 Å². The fourth-order valence-electron chi connectivity index (χ4n) is 4.25. The second-order valence-corrected chi connectivity index (χ2v) is 8.48. The predicted octanol–water partition coefficient (Wildman–Crippen LogP) is 5.36. The van der Waals surface area contributed by atoms with Crippen LogP contribution in [0.3, 0.4) is 0 Å². The van der Waals surface area contributed by atoms with E-state index in [-0.39, 0.29) is 5.91 Å². The Labute approximate surface area is 206 Å². The number of pyridine rings is 3. The number of fused-ring (bicyclic) bond motifs is 2. The summed E-state index contributed by atoms with van der Waals surface area (Å²) in [5.41, 5.74) is 7.40. The van der Waals surface area contributed by atoms with Gasteiger partial charge in [-0.15, -0.1) is 0 Å². The van der Waals surface area contributed by atoms with E-state index in [2.05, 4.69) is 41.5 Å². The van der Waals surface area contributed by atoms with Gasteiger partial charge in [0, 0.05) is 47.7 Å². The molecule has 5 aromatic heterocycles. The largest absolute Gasteiger partial charge is 0.336 e. The molecule has 176 valence electrons. The van der Waals surface area contributed by atoms with Crippen molar-refractivity contribution in [3.8, 4) is 33.9 Å². The molecule has 0 bridgehead atoms. The molecule has 36 heavy (non-hydrogen) atoms. The lowest BCUT2D eigenvalue weighted by Gasteiger charge is -2.07. The van der Waals surface area contributed by atoms with Crippen molar-refractivity contribution in [1.29, 1.82) is 0 Å². The van der Waals surface area contributed by atoms with Crippen LogP contribution in [0.1, 0.15) is 19.8 Å². The van der Waals surface area contributed by atoms with E-state index in [1.807, 2.05) is 43.3 Å². The Kier molecular flexibility index (Phi) is 5.42. The lowest BCUT2D eigenvalue weighted by molar-refractivity contribution is -0.116. The van der Waals surface area contributed by atoms with Crippen molar-refractivity contribution in [2.24, 2.45) is 0 Å². The number of hydrogen-bond acceptors (Lipinski definition) is 6. The maximum absolute atomic E-state index is 12.0. The summed E-state index contributed by atoms with van der Waals surface area (Å²) in [4.78, 5) is 33.3. The van der Waals surface area contributed by atoms with Crippen LogP contribution in [0.4, 0.5) is 5.69 Å². The molecule has 1 amide bonds. The number of anilines is 1. The first-order chi connectivity index (χ1) is 17.7. The highest BCUT2D eigenvalue weighted by Gasteiger charge is 2.16. The van der Waals surface area contributed by atoms with Gasteiger partial charge in [0.2, 0.25) is 5.91 Å². The molecule has 0 unspecified atom stereocenters. The van der Waals surface area contributed by atoms with E-state index >= 15 is 0 Å². The summed E-state index contributed by atoms with van der Waals surface area (Å²) < 4.78 is 0. The molecule has 0 aliphatic rings. The fourth-order valence-corrected chi connectivity index (χ4v) is 4.25. The van der Waals surface area contributed by atoms with E-state index in [0.717, 1.165) is 50.7 Å². The first-order valence-electron chi connectivity index (χ1n) is 11.7. The number of benzene rings is 1. The number of nitrogens with zero attached hydrogens (tertiary/aromatic N) is 5. The van der Waals surface area contributed by atoms with Crippen molar-refractivity contribution in [3.63, 3.8) is 0 Å². The molecule has 0 saturated carbocycles. The third-order valence-corrected chi connectivity index (χ3v) is 5.96. The van der Waals surface area contributed by atoms with E-state index in [9.17, 15) is 4.79 Å². The average molecular weight is 475 g/mol. The zero-order valence-electron chi connectivity index (χ0n) is 19.5. The number of H-pyrrole nitrogens is 2. The van der Waals surface area contributed by atoms with Crippen molar-refractivity contribution in [3.05, 3.63) is 73.4 Å². The summed E-state index contributed by atoms with van der Waals surface area (Å²) in [7, 11) is 0. The van der Waals surface area contributed by atoms with E-state index in [1.165, 1.54) is 0 Å². The molecule has 1 aromatic carbocycles. The summed E-state index contributed by atoms with van der Waals surface area (Å²) in [6.07, 6.45) is 9.97. The Morgan fingerprint density at radius 3 is 2.69 bits per heavy atom. The number of carbonyl (C=O) groups excluding carboxylic acids is 1. The number of aromatic amines is 2. The molecular weight excluding hydrogens is 452 g/mol. The molecule has 0 saturated heterocycles. The maximum atomic E-state index is 12.0. The van der Waals surface area contributed by atoms with Crippen LogP contribution in [0.5, 0.6) is 0 Å². The molecular formula is C27H22N8O. The molecule has 0 aliphatic carbocycles. The zero-order chi connectivity index (χ0) is 24.5. The normalized spacial score (nSPS) is 11.2. The van der Waals surface area contributed by atoms with Crippen molar-refractivity contribution in [1.82, 2.24) is 35.1 Å². The topological polar surface area (TPSA) is 125 Å². The zero-order valence-corrected chi connectivity index (χ0v) is 19.5. The van der Waals surface area contributed by atoms with Crippen molar-refractivity contribution < 1.29 is 4.79 Å². The van der Waals surface area contributed by atoms with Crippen LogP contribution in [0.25, 0.3) is 55.8 Å². The highest BCUT2D eigenvalue weighted by molar-refractivity contribution is 5.98. The number of rotatable bonds is 6. The summed E-state index contributed by atoms with van der Waals surface area (Å²) >= 11 is 0. The number of aromatic nitrogens is 7. The number of nitrogens with one attached hydrogen (secondary N) is 3. The molecule has 6 rings (SSSR count). The number of hydrogen-bond donors (Lipinski definition) is 3. The van der Waals surface area contributed by atoms with Crippen molar-refractivity contribution in [2.75, 3.05) is 5.32 Å². The molecule has 0 aliphatic heterocycles. The molecule has 9 heteroatoms. The summed E-state index contributed by atoms with van der Waals surface area (Å²) in [6, 6.07) is 13.7. The molecule has 6 aromatic rings. The Bertz CT molecular complexity index is 1700. The van der Waals surface area contributed by atoms with Gasteiger partial charge in [-0.25, -0.2) is 4.98 Å². The van der Waals surface area contributed by atoms with Gasteiger partial charge >= 0.3 is 0 Å². The van der Waals surface area contributed by atoms with E-state index in [1.54, 1.807) is 31.0 Å². The summed E-state index contributed by atoms with van der Waals surface area (Å²) in [6.45, 7) is 1.98. The third kappa shape index (κ3) is 3.96. The highest BCUT2D eigenvalue weighted by atomic mass is 16.1. The van der Waals surface area contributed by atoms with Gasteiger partial charge in [0.15, 0.2) is 5.82 Å². The molecule has 3 N–H and O–H groups in total. The Hall–Kier alpha value is -4.92. The van der Waals surface area contributed by atoms with Crippen LogP contribution in [-0.4, -0.2) is 41.0 Å². The molecule has 0 radical (unpaired) electrons. The second-order valence-electron chi connectivity index (χ2n) is 8.48. The van der Waals surface area contributed by atoms with Gasteiger partial charge in [0.1, 0.15) is 11.2 Å². The molecule has 5 heterocycles. The minimum Gasteiger partial charge on any atom is -0.336 e. The minimum absolute atomic E-state index is 0.0194. The molecule has 0 spiro atoms. The smallest absolute Gasteiger partial charge is 0.224 e. The monoisotopic (exact) mass is 474 g/mol. The number of imidazole rings is 1. The quantitative estimate of drug-likeness (QED) is 0.298. The van der Waals surface area contributed by atoms with Crippen LogP contribution in [-0.2, 0) is 4.79 Å². The SMILES string of the molecule is CCCC(=O)Nc1cncc(-c2ccc3[nH]nc(-c4nc5c(-c6cccnc6)nccc5[nH]4)c3c2)c1. The lowest BCUT2D eigenvalue weighted by atomic mass is 10.0. The first kappa shape index (κ1) is 21.6. The van der Waals surface area contributed by atoms with Gasteiger partial charge in [-0.2, -0.15) is 5.10 Å². The Morgan fingerprint density at radius 2 is 1.83 bits per heavy atom. The van der Waals surface area contributed by atoms with Crippen molar-refractivity contribution >= 4 is 33.5 Å². The number of amides is 1. The van der Waals surface area contributed by atoms with Gasteiger partial charge in [0.25, 0.3) is 0 Å². The standard InChI is InChI=1S/C27H22N8O/c1-2-4-23(36)31-19-11-18(14-29-15-19)16-6-7-21-20(12-16)25(35-34-21)27-32-22-8-10-30-24(26(22)33-27)17-5-3-9-28-13-17/h3,5-15H,2,4H2,1H3,(H,31,36)(H,32,33)(H,34,35). The highest BCUT2D eigenvalue weighted by Crippen LogP contribution is 2.32. The van der Waals surface area contributed by atoms with Gasteiger partial charge in [-0.1, -0.05) is 13.0 Å². The van der Waals surface area contributed by atoms with E-state index < -0.39 is 0 Å².